The van der Waals surface area contributed by atoms with Gasteiger partial charge in [-0.2, -0.15) is 0 Å². The van der Waals surface area contributed by atoms with Crippen molar-refractivity contribution < 1.29 is 13.2 Å². The number of benzene rings is 2. The zero-order valence-corrected chi connectivity index (χ0v) is 12.6. The zero-order chi connectivity index (χ0) is 15.3. The Balaban J connectivity index is 2.20. The van der Waals surface area contributed by atoms with Crippen LogP contribution in [0.5, 0.6) is 5.75 Å². The highest BCUT2D eigenvalue weighted by molar-refractivity contribution is 7.91. The van der Waals surface area contributed by atoms with Crippen molar-refractivity contribution in [3.63, 3.8) is 0 Å². The summed E-state index contributed by atoms with van der Waals surface area (Å²) in [6.07, 6.45) is 0. The first kappa shape index (κ1) is 15.2. The topological polar surface area (TPSA) is 81.4 Å². The van der Waals surface area contributed by atoms with Crippen molar-refractivity contribution in [2.45, 2.75) is 12.7 Å². The van der Waals surface area contributed by atoms with E-state index in [9.17, 15) is 8.42 Å². The van der Waals surface area contributed by atoms with E-state index in [1.807, 2.05) is 6.92 Å². The normalized spacial score (nSPS) is 11.1. The molecule has 0 fully saturated rings. The molecule has 2 aromatic carbocycles. The van der Waals surface area contributed by atoms with Crippen molar-refractivity contribution in [2.75, 3.05) is 17.1 Å². The van der Waals surface area contributed by atoms with Crippen LogP contribution in [-0.4, -0.2) is 15.0 Å². The molecule has 6 heteroatoms. The number of hydrogen-bond donors (Lipinski definition) is 2. The number of nitrogens with one attached hydrogen (secondary N) is 1. The molecule has 2 aromatic rings. The summed E-state index contributed by atoms with van der Waals surface area (Å²) < 4.78 is 32.5. The summed E-state index contributed by atoms with van der Waals surface area (Å²) in [6, 6.07) is 13.8. The maximum Gasteiger partial charge on any atom is 0.237 e. The molecule has 0 radical (unpaired) electrons. The van der Waals surface area contributed by atoms with Crippen LogP contribution in [0, 0.1) is 0 Å². The largest absolute Gasteiger partial charge is 0.492 e. The maximum absolute atomic E-state index is 12.3. The summed E-state index contributed by atoms with van der Waals surface area (Å²) in [7, 11) is -3.56. The monoisotopic (exact) mass is 306 g/mol. The summed E-state index contributed by atoms with van der Waals surface area (Å²) in [6.45, 7) is 2.31. The first-order valence-corrected chi connectivity index (χ1v) is 8.23. The molecule has 0 saturated heterocycles. The first-order chi connectivity index (χ1) is 10.0. The van der Waals surface area contributed by atoms with Crippen LogP contribution in [0.1, 0.15) is 12.5 Å². The average Bonchev–Trinajstić information content (AvgIpc) is 2.43. The molecular formula is C15H18N2O3S. The summed E-state index contributed by atoms with van der Waals surface area (Å²) >= 11 is 0. The summed E-state index contributed by atoms with van der Waals surface area (Å²) in [4.78, 5) is 0. The van der Waals surface area contributed by atoms with Gasteiger partial charge in [0, 0.05) is 5.69 Å². The van der Waals surface area contributed by atoms with Crippen LogP contribution in [0.4, 0.5) is 11.4 Å². The van der Waals surface area contributed by atoms with Crippen LogP contribution in [-0.2, 0) is 15.8 Å². The molecule has 0 saturated carbocycles. The number of nitrogen functional groups attached to an aromatic ring is 1. The second kappa shape index (κ2) is 6.49. The Hall–Kier alpha value is -2.21. The standard InChI is InChI=1S/C15H18N2O3S/c1-2-20-15-10-6-5-9-14(15)17-21(18,19)11-12-7-3-4-8-13(12)16/h3-10,17H,2,11,16H2,1H3. The lowest BCUT2D eigenvalue weighted by Gasteiger charge is -2.13. The molecule has 0 atom stereocenters. The van der Waals surface area contributed by atoms with E-state index in [4.69, 9.17) is 10.5 Å². The van der Waals surface area contributed by atoms with Crippen LogP contribution < -0.4 is 15.2 Å². The van der Waals surface area contributed by atoms with Gasteiger partial charge >= 0.3 is 0 Å². The van der Waals surface area contributed by atoms with Crippen LogP contribution in [0.3, 0.4) is 0 Å². The smallest absolute Gasteiger partial charge is 0.237 e. The van der Waals surface area contributed by atoms with Gasteiger partial charge in [0.25, 0.3) is 0 Å². The number of anilines is 2. The second-order valence-electron chi connectivity index (χ2n) is 4.49. The van der Waals surface area contributed by atoms with E-state index in [-0.39, 0.29) is 5.75 Å². The molecule has 0 aliphatic carbocycles. The van der Waals surface area contributed by atoms with E-state index < -0.39 is 10.0 Å². The predicted octanol–water partition coefficient (Wildman–Crippen LogP) is 2.61. The van der Waals surface area contributed by atoms with E-state index in [1.165, 1.54) is 0 Å². The lowest BCUT2D eigenvalue weighted by atomic mass is 10.2. The SMILES string of the molecule is CCOc1ccccc1NS(=O)(=O)Cc1ccccc1N. The molecule has 0 aromatic heterocycles. The molecule has 0 heterocycles. The Morgan fingerprint density at radius 3 is 2.48 bits per heavy atom. The van der Waals surface area contributed by atoms with Crippen molar-refractivity contribution in [2.24, 2.45) is 0 Å². The molecule has 3 N–H and O–H groups in total. The summed E-state index contributed by atoms with van der Waals surface area (Å²) in [5, 5.41) is 0. The third kappa shape index (κ3) is 4.13. The lowest BCUT2D eigenvalue weighted by Crippen LogP contribution is -2.16. The molecular weight excluding hydrogens is 288 g/mol. The van der Waals surface area contributed by atoms with Crippen LogP contribution >= 0.6 is 0 Å². The van der Waals surface area contributed by atoms with Crippen molar-refractivity contribution in [1.82, 2.24) is 0 Å². The van der Waals surface area contributed by atoms with Gasteiger partial charge in [0.15, 0.2) is 0 Å². The molecule has 0 unspecified atom stereocenters. The lowest BCUT2D eigenvalue weighted by molar-refractivity contribution is 0.342. The van der Waals surface area contributed by atoms with Gasteiger partial charge in [0.2, 0.25) is 10.0 Å². The highest BCUT2D eigenvalue weighted by atomic mass is 32.2. The quantitative estimate of drug-likeness (QED) is 0.804. The van der Waals surface area contributed by atoms with Crippen molar-refractivity contribution in [3.8, 4) is 5.75 Å². The van der Waals surface area contributed by atoms with Crippen LogP contribution in [0.15, 0.2) is 48.5 Å². The third-order valence-electron chi connectivity index (χ3n) is 2.85. The van der Waals surface area contributed by atoms with Crippen LogP contribution in [0.2, 0.25) is 0 Å². The van der Waals surface area contributed by atoms with Crippen molar-refractivity contribution >= 4 is 21.4 Å². The molecule has 21 heavy (non-hydrogen) atoms. The molecule has 112 valence electrons. The fraction of sp³-hybridized carbons (Fsp3) is 0.200. The Labute approximate surface area is 124 Å². The first-order valence-electron chi connectivity index (χ1n) is 6.57. The molecule has 0 aliphatic heterocycles. The predicted molar refractivity (Wildman–Crippen MR) is 84.7 cm³/mol. The number of sulfonamides is 1. The number of ether oxygens (including phenoxy) is 1. The van der Waals surface area contributed by atoms with E-state index in [1.54, 1.807) is 48.5 Å². The van der Waals surface area contributed by atoms with Gasteiger partial charge in [-0.1, -0.05) is 30.3 Å². The second-order valence-corrected chi connectivity index (χ2v) is 6.21. The highest BCUT2D eigenvalue weighted by Crippen LogP contribution is 2.26. The number of nitrogens with two attached hydrogens (primary N) is 1. The average molecular weight is 306 g/mol. The minimum atomic E-state index is -3.56. The summed E-state index contributed by atoms with van der Waals surface area (Å²) in [5.74, 6) is 0.324. The number of rotatable bonds is 6. The zero-order valence-electron chi connectivity index (χ0n) is 11.7. The maximum atomic E-state index is 12.3. The van der Waals surface area contributed by atoms with Crippen molar-refractivity contribution in [3.05, 3.63) is 54.1 Å². The van der Waals surface area contributed by atoms with Crippen LogP contribution in [0.25, 0.3) is 0 Å². The van der Waals surface area contributed by atoms with Gasteiger partial charge in [-0.25, -0.2) is 8.42 Å². The minimum Gasteiger partial charge on any atom is -0.492 e. The van der Waals surface area contributed by atoms with Crippen molar-refractivity contribution in [1.29, 1.82) is 0 Å². The van der Waals surface area contributed by atoms with E-state index >= 15 is 0 Å². The van der Waals surface area contributed by atoms with Gasteiger partial charge in [0.05, 0.1) is 18.0 Å². The van der Waals surface area contributed by atoms with E-state index in [0.29, 0.717) is 29.3 Å². The van der Waals surface area contributed by atoms with Gasteiger partial charge < -0.3 is 10.5 Å². The Bertz CT molecular complexity index is 714. The third-order valence-corrected chi connectivity index (χ3v) is 4.07. The molecule has 0 aliphatic rings. The molecule has 0 spiro atoms. The van der Waals surface area contributed by atoms with E-state index in [0.717, 1.165) is 0 Å². The molecule has 0 bridgehead atoms. The Morgan fingerprint density at radius 1 is 1.10 bits per heavy atom. The highest BCUT2D eigenvalue weighted by Gasteiger charge is 2.15. The Morgan fingerprint density at radius 2 is 1.76 bits per heavy atom. The van der Waals surface area contributed by atoms with E-state index in [2.05, 4.69) is 4.72 Å². The van der Waals surface area contributed by atoms with Gasteiger partial charge in [-0.3, -0.25) is 4.72 Å². The van der Waals surface area contributed by atoms with Gasteiger partial charge in [0.1, 0.15) is 5.75 Å². The Kier molecular flexibility index (Phi) is 4.70. The fourth-order valence-electron chi connectivity index (χ4n) is 1.91. The van der Waals surface area contributed by atoms with Gasteiger partial charge in [-0.05, 0) is 30.7 Å². The van der Waals surface area contributed by atoms with Gasteiger partial charge in [-0.15, -0.1) is 0 Å². The molecule has 2 rings (SSSR count). The molecule has 0 amide bonds. The summed E-state index contributed by atoms with van der Waals surface area (Å²) in [5.41, 5.74) is 7.23. The number of para-hydroxylation sites is 3. The number of hydrogen-bond acceptors (Lipinski definition) is 4. The fourth-order valence-corrected chi connectivity index (χ4v) is 3.15. The molecule has 5 nitrogen and oxygen atoms in total. The minimum absolute atomic E-state index is 0.180.